The van der Waals surface area contributed by atoms with Gasteiger partial charge < -0.3 is 20.9 Å². The zero-order valence-corrected chi connectivity index (χ0v) is 23.9. The Morgan fingerprint density at radius 3 is 2.90 bits per heavy atom. The molecule has 0 bridgehead atoms. The molecule has 5 aromatic heterocycles. The third kappa shape index (κ3) is 5.35. The highest BCUT2D eigenvalue weighted by Gasteiger charge is 2.35. The lowest BCUT2D eigenvalue weighted by Crippen LogP contribution is -2.18. The van der Waals surface area contributed by atoms with Gasteiger partial charge >= 0.3 is 0 Å². The minimum atomic E-state index is -0.965. The summed E-state index contributed by atoms with van der Waals surface area (Å²) in [5.41, 5.74) is 4.90. The highest BCUT2D eigenvalue weighted by atomic mass is 32.1. The number of fused-ring (bicyclic) bond motifs is 2. The van der Waals surface area contributed by atoms with E-state index in [2.05, 4.69) is 47.3 Å². The van der Waals surface area contributed by atoms with E-state index >= 15 is 0 Å². The maximum atomic E-state index is 14.1. The number of anilines is 2. The Kier molecular flexibility index (Phi) is 6.67. The normalized spacial score (nSPS) is 16.6. The zero-order chi connectivity index (χ0) is 28.8. The van der Waals surface area contributed by atoms with Crippen molar-refractivity contribution >= 4 is 39.0 Å². The summed E-state index contributed by atoms with van der Waals surface area (Å²) in [6, 6.07) is 4.59. The molecule has 1 aliphatic heterocycles. The minimum absolute atomic E-state index is 0.0254. The lowest BCUT2D eigenvalue weighted by atomic mass is 10.1. The lowest BCUT2D eigenvalue weighted by Gasteiger charge is -2.07. The molecule has 216 valence electrons. The summed E-state index contributed by atoms with van der Waals surface area (Å²) in [4.78, 5) is 16.6. The molecular formula is C28H29F2N11S. The molecule has 1 atom stereocenters. The zero-order valence-electron chi connectivity index (χ0n) is 23.1. The topological polar surface area (TPSA) is 136 Å². The van der Waals surface area contributed by atoms with Crippen LogP contribution in [0.25, 0.3) is 27.9 Å². The van der Waals surface area contributed by atoms with Gasteiger partial charge in [0.05, 0.1) is 41.5 Å². The first kappa shape index (κ1) is 26.6. The number of aryl methyl sites for hydroxylation is 1. The Hall–Kier alpha value is -4.27. The first-order chi connectivity index (χ1) is 20.3. The molecule has 0 spiro atoms. The SMILES string of the molecule is Cc1cn2c(-c3cnn(Cc4nc5c(F)c(F)ccc5[nH]4)c3)cnc2c(Nc2cc(CNCCCC3(C)CN3)ns2)n1. The summed E-state index contributed by atoms with van der Waals surface area (Å²) < 4.78 is 35.9. The number of imidazole rings is 2. The van der Waals surface area contributed by atoms with Crippen molar-refractivity contribution < 1.29 is 8.78 Å². The number of hydrogen-bond acceptors (Lipinski definition) is 9. The Bertz CT molecular complexity index is 1900. The monoisotopic (exact) mass is 589 g/mol. The number of aromatic amines is 1. The number of H-pyrrole nitrogens is 1. The summed E-state index contributed by atoms with van der Waals surface area (Å²) >= 11 is 1.39. The summed E-state index contributed by atoms with van der Waals surface area (Å²) in [6.45, 7) is 7.25. The third-order valence-electron chi connectivity index (χ3n) is 7.42. The van der Waals surface area contributed by atoms with Crippen LogP contribution >= 0.6 is 11.5 Å². The van der Waals surface area contributed by atoms with Crippen molar-refractivity contribution in [1.29, 1.82) is 0 Å². The number of rotatable bonds is 11. The van der Waals surface area contributed by atoms with E-state index in [1.54, 1.807) is 17.1 Å². The highest BCUT2D eigenvalue weighted by Crippen LogP contribution is 2.28. The maximum Gasteiger partial charge on any atom is 0.186 e. The van der Waals surface area contributed by atoms with Gasteiger partial charge in [-0.2, -0.15) is 9.47 Å². The van der Waals surface area contributed by atoms with Crippen molar-refractivity contribution in [2.75, 3.05) is 18.4 Å². The van der Waals surface area contributed by atoms with E-state index in [1.807, 2.05) is 29.8 Å². The van der Waals surface area contributed by atoms with Crippen molar-refractivity contribution in [2.24, 2.45) is 0 Å². The van der Waals surface area contributed by atoms with E-state index in [9.17, 15) is 8.78 Å². The molecule has 14 heteroatoms. The first-order valence-corrected chi connectivity index (χ1v) is 14.5. The Labute approximate surface area is 243 Å². The standard InChI is InChI=1S/C28H29F2N11S/c1-16-12-41-21(17-9-34-40(13-17)14-22-36-20-5-4-19(29)24(30)25(20)37-22)11-32-27(41)26(35-16)38-23-8-18(39-42-23)10-31-7-3-6-28(2)15-33-28/h4-5,8-9,11-13,31,33H,3,6-7,10,14-15H2,1-2H3,(H,35,38)(H,36,37). The van der Waals surface area contributed by atoms with Crippen LogP contribution in [-0.2, 0) is 13.1 Å². The summed E-state index contributed by atoms with van der Waals surface area (Å²) in [7, 11) is 0. The van der Waals surface area contributed by atoms with Crippen molar-refractivity contribution in [2.45, 2.75) is 45.3 Å². The molecule has 0 amide bonds. The van der Waals surface area contributed by atoms with Crippen LogP contribution in [0.1, 0.15) is 37.0 Å². The van der Waals surface area contributed by atoms with Crippen molar-refractivity contribution in [3.8, 4) is 11.3 Å². The Balaban J connectivity index is 1.05. The Morgan fingerprint density at radius 1 is 1.17 bits per heavy atom. The minimum Gasteiger partial charge on any atom is -0.340 e. The average molecular weight is 590 g/mol. The second-order valence-electron chi connectivity index (χ2n) is 10.9. The van der Waals surface area contributed by atoms with Crippen LogP contribution in [-0.4, -0.2) is 57.1 Å². The van der Waals surface area contributed by atoms with Crippen LogP contribution in [0.3, 0.4) is 0 Å². The molecule has 4 N–H and O–H groups in total. The summed E-state index contributed by atoms with van der Waals surface area (Å²) in [6.07, 6.45) is 9.61. The van der Waals surface area contributed by atoms with Crippen LogP contribution in [0.5, 0.6) is 0 Å². The van der Waals surface area contributed by atoms with Crippen LogP contribution in [0.4, 0.5) is 19.6 Å². The van der Waals surface area contributed by atoms with E-state index in [0.717, 1.165) is 59.8 Å². The van der Waals surface area contributed by atoms with E-state index in [-0.39, 0.29) is 12.1 Å². The van der Waals surface area contributed by atoms with Gasteiger partial charge in [0.25, 0.3) is 0 Å². The second kappa shape index (κ2) is 10.5. The van der Waals surface area contributed by atoms with E-state index in [0.29, 0.717) is 28.3 Å². The second-order valence-corrected chi connectivity index (χ2v) is 11.7. The predicted molar refractivity (Wildman–Crippen MR) is 157 cm³/mol. The van der Waals surface area contributed by atoms with Gasteiger partial charge in [-0.1, -0.05) is 0 Å². The molecule has 1 unspecified atom stereocenters. The molecule has 6 heterocycles. The van der Waals surface area contributed by atoms with Crippen LogP contribution in [0.2, 0.25) is 0 Å². The van der Waals surface area contributed by atoms with Crippen LogP contribution < -0.4 is 16.0 Å². The number of nitrogens with zero attached hydrogens (tertiary/aromatic N) is 7. The molecule has 1 aliphatic rings. The molecule has 1 saturated heterocycles. The van der Waals surface area contributed by atoms with Crippen molar-refractivity contribution in [3.63, 3.8) is 0 Å². The quantitative estimate of drug-likeness (QED) is 0.128. The fourth-order valence-corrected chi connectivity index (χ4v) is 5.67. The Morgan fingerprint density at radius 2 is 2.05 bits per heavy atom. The highest BCUT2D eigenvalue weighted by molar-refractivity contribution is 7.10. The number of hydrogen-bond donors (Lipinski definition) is 4. The number of aromatic nitrogens is 8. The van der Waals surface area contributed by atoms with Gasteiger partial charge in [-0.25, -0.2) is 23.7 Å². The molecule has 0 saturated carbocycles. The molecule has 42 heavy (non-hydrogen) atoms. The van der Waals surface area contributed by atoms with E-state index in [4.69, 9.17) is 4.98 Å². The molecule has 0 radical (unpaired) electrons. The average Bonchev–Trinajstić information content (AvgIpc) is 3.46. The maximum absolute atomic E-state index is 14.1. The van der Waals surface area contributed by atoms with Crippen molar-refractivity contribution in [3.05, 3.63) is 71.8 Å². The van der Waals surface area contributed by atoms with Crippen LogP contribution in [0, 0.1) is 18.6 Å². The van der Waals surface area contributed by atoms with Crippen molar-refractivity contribution in [1.82, 2.24) is 49.1 Å². The first-order valence-electron chi connectivity index (χ1n) is 13.7. The lowest BCUT2D eigenvalue weighted by molar-refractivity contribution is 0.515. The summed E-state index contributed by atoms with van der Waals surface area (Å²) in [5, 5.41) is 15.6. The van der Waals surface area contributed by atoms with E-state index in [1.165, 1.54) is 24.0 Å². The van der Waals surface area contributed by atoms with Gasteiger partial charge in [-0.05, 0) is 63.0 Å². The van der Waals surface area contributed by atoms with Gasteiger partial charge in [0.15, 0.2) is 23.1 Å². The van der Waals surface area contributed by atoms with Gasteiger partial charge in [-0.15, -0.1) is 0 Å². The molecule has 11 nitrogen and oxygen atoms in total. The van der Waals surface area contributed by atoms with Gasteiger partial charge in [0.2, 0.25) is 0 Å². The molecule has 0 aliphatic carbocycles. The fourth-order valence-electron chi connectivity index (χ4n) is 5.00. The number of nitrogens with one attached hydrogen (secondary N) is 4. The molecule has 7 rings (SSSR count). The third-order valence-corrected chi connectivity index (χ3v) is 8.16. The van der Waals surface area contributed by atoms with E-state index < -0.39 is 11.6 Å². The molecule has 1 fully saturated rings. The number of benzene rings is 1. The largest absolute Gasteiger partial charge is 0.340 e. The van der Waals surface area contributed by atoms with Gasteiger partial charge in [0, 0.05) is 36.6 Å². The fraction of sp³-hybridized carbons (Fsp3) is 0.321. The summed E-state index contributed by atoms with van der Waals surface area (Å²) in [5.74, 6) is -0.785. The molecule has 1 aromatic carbocycles. The van der Waals surface area contributed by atoms with Crippen LogP contribution in [0.15, 0.2) is 43.0 Å². The number of halogens is 2. The molecular weight excluding hydrogens is 560 g/mol. The smallest absolute Gasteiger partial charge is 0.186 e. The van der Waals surface area contributed by atoms with Gasteiger partial charge in [0.1, 0.15) is 16.3 Å². The predicted octanol–water partition coefficient (Wildman–Crippen LogP) is 4.54. The molecule has 6 aromatic rings. The van der Waals surface area contributed by atoms with Gasteiger partial charge in [-0.3, -0.25) is 9.08 Å².